The molecule has 0 aliphatic heterocycles. The molecule has 2 heterocycles. The topological polar surface area (TPSA) is 132 Å². The van der Waals surface area contributed by atoms with E-state index in [9.17, 15) is 10.1 Å². The van der Waals surface area contributed by atoms with Crippen LogP contribution in [0.5, 0.6) is 0 Å². The Balaban J connectivity index is 2.48. The summed E-state index contributed by atoms with van der Waals surface area (Å²) in [4.78, 5) is 16.5. The third kappa shape index (κ3) is 2.25. The second kappa shape index (κ2) is 5.26. The van der Waals surface area contributed by atoms with E-state index < -0.39 is 5.91 Å². The van der Waals surface area contributed by atoms with E-state index in [1.54, 1.807) is 0 Å². The number of primary amides is 1. The number of carbonyl (C=O) groups is 1. The van der Waals surface area contributed by atoms with Gasteiger partial charge in [-0.2, -0.15) is 5.26 Å². The van der Waals surface area contributed by atoms with Gasteiger partial charge in [0, 0.05) is 10.9 Å². The van der Waals surface area contributed by atoms with Crippen LogP contribution in [0, 0.1) is 18.3 Å². The quantitative estimate of drug-likeness (QED) is 0.666. The zero-order valence-electron chi connectivity index (χ0n) is 12.3. The summed E-state index contributed by atoms with van der Waals surface area (Å²) in [6.07, 6.45) is 0. The molecule has 1 aromatic carbocycles. The zero-order valence-corrected chi connectivity index (χ0v) is 13.1. The number of aryl methyl sites for hydroxylation is 1. The first-order valence-corrected chi connectivity index (χ1v) is 7.54. The Hall–Kier alpha value is -3.11. The average molecular weight is 323 g/mol. The van der Waals surface area contributed by atoms with Crippen molar-refractivity contribution >= 4 is 39.0 Å². The number of amides is 1. The molecule has 0 aliphatic carbocycles. The molecule has 2 aromatic heterocycles. The lowest BCUT2D eigenvalue weighted by Crippen LogP contribution is -2.10. The van der Waals surface area contributed by atoms with Gasteiger partial charge in [0.25, 0.3) is 5.91 Å². The molecule has 6 N–H and O–H groups in total. The molecular weight excluding hydrogens is 310 g/mol. The molecule has 0 radical (unpaired) electrons. The van der Waals surface area contributed by atoms with Gasteiger partial charge in [0.1, 0.15) is 27.2 Å². The predicted molar refractivity (Wildman–Crippen MR) is 91.9 cm³/mol. The van der Waals surface area contributed by atoms with Gasteiger partial charge in [-0.3, -0.25) is 4.79 Å². The van der Waals surface area contributed by atoms with Crippen molar-refractivity contribution in [2.24, 2.45) is 5.73 Å². The summed E-state index contributed by atoms with van der Waals surface area (Å²) in [5, 5.41) is 10.0. The molecule has 0 atom stereocenters. The van der Waals surface area contributed by atoms with Crippen molar-refractivity contribution in [3.05, 3.63) is 40.3 Å². The van der Waals surface area contributed by atoms with Crippen LogP contribution in [0.3, 0.4) is 0 Å². The van der Waals surface area contributed by atoms with E-state index in [1.165, 1.54) is 0 Å². The number of hydrogen-bond donors (Lipinski definition) is 3. The molecule has 0 unspecified atom stereocenters. The predicted octanol–water partition coefficient (Wildman–Crippen LogP) is 2.41. The SMILES string of the molecule is Cc1ccc(-c2c(C#N)c(N)nc3sc(C(N)=O)c(N)c23)cc1. The average Bonchev–Trinajstić information content (AvgIpc) is 2.83. The Morgan fingerprint density at radius 3 is 2.48 bits per heavy atom. The summed E-state index contributed by atoms with van der Waals surface area (Å²) in [7, 11) is 0. The van der Waals surface area contributed by atoms with E-state index in [4.69, 9.17) is 17.2 Å². The molecule has 0 bridgehead atoms. The van der Waals surface area contributed by atoms with E-state index in [0.717, 1.165) is 22.5 Å². The maximum atomic E-state index is 11.6. The Morgan fingerprint density at radius 1 is 1.26 bits per heavy atom. The van der Waals surface area contributed by atoms with Crippen LogP contribution in [0.4, 0.5) is 11.5 Å². The van der Waals surface area contributed by atoms with Crippen LogP contribution in [-0.4, -0.2) is 10.9 Å². The number of anilines is 2. The minimum atomic E-state index is -0.627. The van der Waals surface area contributed by atoms with Crippen LogP contribution < -0.4 is 17.2 Å². The second-order valence-electron chi connectivity index (χ2n) is 5.11. The normalized spacial score (nSPS) is 10.6. The second-order valence-corrected chi connectivity index (χ2v) is 6.11. The minimum absolute atomic E-state index is 0.104. The van der Waals surface area contributed by atoms with Gasteiger partial charge in [-0.05, 0) is 12.5 Å². The number of thiophene rings is 1. The number of benzene rings is 1. The standard InChI is InChI=1S/C16H13N5OS/c1-7-2-4-8(5-3-7)10-9(6-17)14(19)21-16-11(10)12(18)13(23-16)15(20)22/h2-5H,18H2,1H3,(H2,19,21)(H2,20,22). The van der Waals surface area contributed by atoms with Crippen molar-refractivity contribution < 1.29 is 4.79 Å². The molecule has 6 nitrogen and oxygen atoms in total. The van der Waals surface area contributed by atoms with Crippen LogP contribution in [0.15, 0.2) is 24.3 Å². The van der Waals surface area contributed by atoms with E-state index in [1.807, 2.05) is 31.2 Å². The van der Waals surface area contributed by atoms with E-state index in [0.29, 0.717) is 15.8 Å². The minimum Gasteiger partial charge on any atom is -0.397 e. The van der Waals surface area contributed by atoms with Gasteiger partial charge in [-0.25, -0.2) is 4.98 Å². The molecule has 7 heteroatoms. The van der Waals surface area contributed by atoms with E-state index in [2.05, 4.69) is 11.1 Å². The number of aromatic nitrogens is 1. The van der Waals surface area contributed by atoms with Gasteiger partial charge in [0.05, 0.1) is 5.69 Å². The number of nitrogens with two attached hydrogens (primary N) is 3. The fraction of sp³-hybridized carbons (Fsp3) is 0.0625. The Bertz CT molecular complexity index is 983. The third-order valence-electron chi connectivity index (χ3n) is 3.58. The summed E-state index contributed by atoms with van der Waals surface area (Å²) in [5.74, 6) is -0.523. The number of nitriles is 1. The number of nitrogen functional groups attached to an aromatic ring is 2. The van der Waals surface area contributed by atoms with Gasteiger partial charge in [0.2, 0.25) is 0 Å². The van der Waals surface area contributed by atoms with Crippen LogP contribution in [0.25, 0.3) is 21.3 Å². The van der Waals surface area contributed by atoms with Crippen molar-refractivity contribution in [2.45, 2.75) is 6.92 Å². The lowest BCUT2D eigenvalue weighted by molar-refractivity contribution is 0.100. The lowest BCUT2D eigenvalue weighted by Gasteiger charge is -2.09. The highest BCUT2D eigenvalue weighted by Crippen LogP contribution is 2.42. The van der Waals surface area contributed by atoms with Gasteiger partial charge >= 0.3 is 0 Å². The zero-order chi connectivity index (χ0) is 16.7. The number of hydrogen-bond acceptors (Lipinski definition) is 6. The Labute approximate surface area is 136 Å². The third-order valence-corrected chi connectivity index (χ3v) is 4.69. The molecule has 0 saturated heterocycles. The lowest BCUT2D eigenvalue weighted by atomic mass is 9.96. The number of rotatable bonds is 2. The highest BCUT2D eigenvalue weighted by Gasteiger charge is 2.23. The highest BCUT2D eigenvalue weighted by atomic mass is 32.1. The molecule has 1 amide bonds. The molecule has 3 aromatic rings. The number of pyridine rings is 1. The summed E-state index contributed by atoms with van der Waals surface area (Å²) >= 11 is 1.08. The largest absolute Gasteiger partial charge is 0.397 e. The fourth-order valence-electron chi connectivity index (χ4n) is 2.48. The van der Waals surface area contributed by atoms with Crippen molar-refractivity contribution in [1.29, 1.82) is 5.26 Å². The first-order valence-electron chi connectivity index (χ1n) is 6.72. The van der Waals surface area contributed by atoms with Crippen LogP contribution in [0.1, 0.15) is 20.8 Å². The molecule has 0 saturated carbocycles. The molecule has 114 valence electrons. The van der Waals surface area contributed by atoms with E-state index in [-0.39, 0.29) is 21.9 Å². The molecule has 3 rings (SSSR count). The first kappa shape index (κ1) is 14.8. The smallest absolute Gasteiger partial charge is 0.260 e. The molecule has 0 aliphatic rings. The van der Waals surface area contributed by atoms with Crippen molar-refractivity contribution in [3.8, 4) is 17.2 Å². The fourth-order valence-corrected chi connectivity index (χ4v) is 3.44. The molecular formula is C16H13N5OS. The Morgan fingerprint density at radius 2 is 1.91 bits per heavy atom. The van der Waals surface area contributed by atoms with Gasteiger partial charge in [-0.1, -0.05) is 29.8 Å². The van der Waals surface area contributed by atoms with Crippen LogP contribution in [-0.2, 0) is 0 Å². The van der Waals surface area contributed by atoms with Gasteiger partial charge in [-0.15, -0.1) is 11.3 Å². The van der Waals surface area contributed by atoms with E-state index >= 15 is 0 Å². The van der Waals surface area contributed by atoms with Crippen molar-refractivity contribution in [1.82, 2.24) is 4.98 Å². The molecule has 23 heavy (non-hydrogen) atoms. The highest BCUT2D eigenvalue weighted by molar-refractivity contribution is 7.21. The van der Waals surface area contributed by atoms with Gasteiger partial charge in [0.15, 0.2) is 0 Å². The summed E-state index contributed by atoms with van der Waals surface area (Å²) in [6.45, 7) is 1.97. The first-order chi connectivity index (χ1) is 10.9. The van der Waals surface area contributed by atoms with Gasteiger partial charge < -0.3 is 17.2 Å². The summed E-state index contributed by atoms with van der Waals surface area (Å²) in [5.41, 5.74) is 20.3. The summed E-state index contributed by atoms with van der Waals surface area (Å²) < 4.78 is 0. The van der Waals surface area contributed by atoms with Crippen molar-refractivity contribution in [2.75, 3.05) is 11.5 Å². The Kier molecular flexibility index (Phi) is 3.39. The number of fused-ring (bicyclic) bond motifs is 1. The molecule has 0 fully saturated rings. The van der Waals surface area contributed by atoms with Crippen molar-refractivity contribution in [3.63, 3.8) is 0 Å². The molecule has 0 spiro atoms. The number of carbonyl (C=O) groups excluding carboxylic acids is 1. The van der Waals surface area contributed by atoms with Crippen LogP contribution >= 0.6 is 11.3 Å². The monoisotopic (exact) mass is 323 g/mol. The number of nitrogens with zero attached hydrogens (tertiary/aromatic N) is 2. The summed E-state index contributed by atoms with van der Waals surface area (Å²) in [6, 6.07) is 9.70. The maximum absolute atomic E-state index is 11.6. The van der Waals surface area contributed by atoms with Crippen LogP contribution in [0.2, 0.25) is 0 Å². The maximum Gasteiger partial charge on any atom is 0.260 e.